The molecule has 1 heterocycles. The second-order valence-corrected chi connectivity index (χ2v) is 6.92. The standard InChI is InChI=1S/C14H23N3O2S/c15-12-13-4-6-14(7-5-13)20(18,19)16-8-11-17-9-2-1-3-10-17/h4-7,16H,1-3,8-12,15H2. The molecule has 1 aromatic rings. The Morgan fingerprint density at radius 2 is 1.75 bits per heavy atom. The molecule has 1 fully saturated rings. The zero-order valence-corrected chi connectivity index (χ0v) is 12.5. The lowest BCUT2D eigenvalue weighted by atomic mass is 10.1. The van der Waals surface area contributed by atoms with Crippen molar-refractivity contribution in [2.24, 2.45) is 5.73 Å². The molecular formula is C14H23N3O2S. The van der Waals surface area contributed by atoms with Crippen LogP contribution in [0.2, 0.25) is 0 Å². The first-order valence-electron chi connectivity index (χ1n) is 7.13. The van der Waals surface area contributed by atoms with Gasteiger partial charge in [0.25, 0.3) is 0 Å². The molecule has 3 N–H and O–H groups in total. The average Bonchev–Trinajstić information content (AvgIpc) is 2.48. The van der Waals surface area contributed by atoms with Crippen molar-refractivity contribution in [1.29, 1.82) is 0 Å². The molecule has 0 radical (unpaired) electrons. The van der Waals surface area contributed by atoms with Gasteiger partial charge in [0.2, 0.25) is 10.0 Å². The van der Waals surface area contributed by atoms with Crippen molar-refractivity contribution in [3.8, 4) is 0 Å². The number of piperidine rings is 1. The van der Waals surface area contributed by atoms with Crippen molar-refractivity contribution in [2.45, 2.75) is 30.7 Å². The van der Waals surface area contributed by atoms with Gasteiger partial charge in [-0.25, -0.2) is 13.1 Å². The van der Waals surface area contributed by atoms with Crippen molar-refractivity contribution in [1.82, 2.24) is 9.62 Å². The van der Waals surface area contributed by atoms with Crippen LogP contribution in [0.5, 0.6) is 0 Å². The maximum Gasteiger partial charge on any atom is 0.240 e. The van der Waals surface area contributed by atoms with Gasteiger partial charge in [0.05, 0.1) is 4.90 Å². The highest BCUT2D eigenvalue weighted by molar-refractivity contribution is 7.89. The van der Waals surface area contributed by atoms with E-state index in [4.69, 9.17) is 5.73 Å². The number of rotatable bonds is 6. The van der Waals surface area contributed by atoms with Gasteiger partial charge in [-0.05, 0) is 43.6 Å². The van der Waals surface area contributed by atoms with E-state index >= 15 is 0 Å². The number of nitrogens with one attached hydrogen (secondary N) is 1. The van der Waals surface area contributed by atoms with Crippen molar-refractivity contribution in [2.75, 3.05) is 26.2 Å². The van der Waals surface area contributed by atoms with Gasteiger partial charge in [-0.2, -0.15) is 0 Å². The first-order valence-corrected chi connectivity index (χ1v) is 8.61. The second-order valence-electron chi connectivity index (χ2n) is 5.15. The molecule has 5 nitrogen and oxygen atoms in total. The minimum Gasteiger partial charge on any atom is -0.326 e. The topological polar surface area (TPSA) is 75.4 Å². The van der Waals surface area contributed by atoms with Crippen LogP contribution in [0.25, 0.3) is 0 Å². The third-order valence-corrected chi connectivity index (χ3v) is 5.12. The SMILES string of the molecule is NCc1ccc(S(=O)(=O)NCCN2CCCCC2)cc1. The van der Waals surface area contributed by atoms with E-state index in [1.54, 1.807) is 24.3 Å². The molecular weight excluding hydrogens is 274 g/mol. The summed E-state index contributed by atoms with van der Waals surface area (Å²) in [7, 11) is -3.40. The summed E-state index contributed by atoms with van der Waals surface area (Å²) in [5.74, 6) is 0. The lowest BCUT2D eigenvalue weighted by Crippen LogP contribution is -2.37. The summed E-state index contributed by atoms with van der Waals surface area (Å²) in [6.07, 6.45) is 3.72. The minimum atomic E-state index is -3.40. The molecule has 0 unspecified atom stereocenters. The summed E-state index contributed by atoms with van der Waals surface area (Å²) in [4.78, 5) is 2.61. The smallest absolute Gasteiger partial charge is 0.240 e. The van der Waals surface area contributed by atoms with E-state index in [0.717, 1.165) is 25.2 Å². The molecule has 6 heteroatoms. The highest BCUT2D eigenvalue weighted by Gasteiger charge is 2.15. The van der Waals surface area contributed by atoms with E-state index in [1.807, 2.05) is 0 Å². The molecule has 0 aliphatic carbocycles. The Hall–Kier alpha value is -0.950. The molecule has 0 atom stereocenters. The lowest BCUT2D eigenvalue weighted by molar-refractivity contribution is 0.233. The first kappa shape index (κ1) is 15.4. The first-order chi connectivity index (χ1) is 9.62. The summed E-state index contributed by atoms with van der Waals surface area (Å²) in [6, 6.07) is 6.70. The van der Waals surface area contributed by atoms with E-state index in [1.165, 1.54) is 19.3 Å². The normalized spacial score (nSPS) is 17.2. The Balaban J connectivity index is 1.86. The molecule has 0 spiro atoms. The molecule has 1 saturated heterocycles. The Labute approximate surface area is 121 Å². The summed E-state index contributed by atoms with van der Waals surface area (Å²) in [6.45, 7) is 3.81. The highest BCUT2D eigenvalue weighted by atomic mass is 32.2. The molecule has 2 rings (SSSR count). The van der Waals surface area contributed by atoms with Crippen molar-refractivity contribution in [3.05, 3.63) is 29.8 Å². The van der Waals surface area contributed by atoms with Gasteiger partial charge in [-0.3, -0.25) is 0 Å². The Bertz CT molecular complexity index is 508. The van der Waals surface area contributed by atoms with Crippen molar-refractivity contribution < 1.29 is 8.42 Å². The van der Waals surface area contributed by atoms with E-state index in [2.05, 4.69) is 9.62 Å². The number of sulfonamides is 1. The molecule has 1 aliphatic rings. The zero-order valence-electron chi connectivity index (χ0n) is 11.7. The molecule has 1 aliphatic heterocycles. The zero-order chi connectivity index (χ0) is 14.4. The summed E-state index contributed by atoms with van der Waals surface area (Å²) < 4.78 is 26.9. The Kier molecular flexibility index (Phi) is 5.54. The summed E-state index contributed by atoms with van der Waals surface area (Å²) >= 11 is 0. The van der Waals surface area contributed by atoms with Gasteiger partial charge in [0.1, 0.15) is 0 Å². The van der Waals surface area contributed by atoms with E-state index in [0.29, 0.717) is 18.0 Å². The number of hydrogen-bond donors (Lipinski definition) is 2. The van der Waals surface area contributed by atoms with Gasteiger partial charge in [-0.15, -0.1) is 0 Å². The van der Waals surface area contributed by atoms with Gasteiger partial charge in [0.15, 0.2) is 0 Å². The number of hydrogen-bond acceptors (Lipinski definition) is 4. The second kappa shape index (κ2) is 7.17. The van der Waals surface area contributed by atoms with Gasteiger partial charge in [-0.1, -0.05) is 18.6 Å². The molecule has 20 heavy (non-hydrogen) atoms. The Morgan fingerprint density at radius 1 is 1.10 bits per heavy atom. The molecule has 0 amide bonds. The fraction of sp³-hybridized carbons (Fsp3) is 0.571. The van der Waals surface area contributed by atoms with Crippen LogP contribution in [-0.2, 0) is 16.6 Å². The predicted octanol–water partition coefficient (Wildman–Crippen LogP) is 0.909. The predicted molar refractivity (Wildman–Crippen MR) is 79.8 cm³/mol. The van der Waals surface area contributed by atoms with Crippen LogP contribution in [-0.4, -0.2) is 39.5 Å². The third kappa shape index (κ3) is 4.28. The van der Waals surface area contributed by atoms with Gasteiger partial charge in [0, 0.05) is 19.6 Å². The van der Waals surface area contributed by atoms with Crippen LogP contribution in [0.15, 0.2) is 29.2 Å². The largest absolute Gasteiger partial charge is 0.326 e. The van der Waals surface area contributed by atoms with Crippen molar-refractivity contribution in [3.63, 3.8) is 0 Å². The van der Waals surface area contributed by atoms with E-state index in [9.17, 15) is 8.42 Å². The van der Waals surface area contributed by atoms with Gasteiger partial charge >= 0.3 is 0 Å². The maximum absolute atomic E-state index is 12.1. The molecule has 0 aromatic heterocycles. The van der Waals surface area contributed by atoms with Crippen LogP contribution in [0.3, 0.4) is 0 Å². The third-order valence-electron chi connectivity index (χ3n) is 3.64. The number of benzene rings is 1. The van der Waals surface area contributed by atoms with Crippen LogP contribution in [0.4, 0.5) is 0 Å². The number of likely N-dealkylation sites (tertiary alicyclic amines) is 1. The van der Waals surface area contributed by atoms with Crippen LogP contribution in [0, 0.1) is 0 Å². The quantitative estimate of drug-likeness (QED) is 0.818. The van der Waals surface area contributed by atoms with Crippen LogP contribution < -0.4 is 10.5 Å². The maximum atomic E-state index is 12.1. The number of nitrogens with zero attached hydrogens (tertiary/aromatic N) is 1. The summed E-state index contributed by atoms with van der Waals surface area (Å²) in [5, 5.41) is 0. The van der Waals surface area contributed by atoms with Gasteiger partial charge < -0.3 is 10.6 Å². The molecule has 0 bridgehead atoms. The Morgan fingerprint density at radius 3 is 2.35 bits per heavy atom. The monoisotopic (exact) mass is 297 g/mol. The van der Waals surface area contributed by atoms with Crippen LogP contribution in [0.1, 0.15) is 24.8 Å². The van der Waals surface area contributed by atoms with Crippen LogP contribution >= 0.6 is 0 Å². The van der Waals surface area contributed by atoms with Crippen molar-refractivity contribution >= 4 is 10.0 Å². The van der Waals surface area contributed by atoms with E-state index in [-0.39, 0.29) is 0 Å². The van der Waals surface area contributed by atoms with E-state index < -0.39 is 10.0 Å². The fourth-order valence-corrected chi connectivity index (χ4v) is 3.43. The minimum absolute atomic E-state index is 0.299. The molecule has 0 saturated carbocycles. The highest BCUT2D eigenvalue weighted by Crippen LogP contribution is 2.11. The number of nitrogens with two attached hydrogens (primary N) is 1. The summed E-state index contributed by atoms with van der Waals surface area (Å²) in [5.41, 5.74) is 6.43. The molecule has 112 valence electrons. The average molecular weight is 297 g/mol. The fourth-order valence-electron chi connectivity index (χ4n) is 2.41. The molecule has 1 aromatic carbocycles. The lowest BCUT2D eigenvalue weighted by Gasteiger charge is -2.26.